The molecule has 3 aliphatic rings. The first-order valence-corrected chi connectivity index (χ1v) is 11.6. The number of para-hydroxylation sites is 1. The van der Waals surface area contributed by atoms with Gasteiger partial charge in [0.15, 0.2) is 11.5 Å². The highest BCUT2D eigenvalue weighted by Crippen LogP contribution is 2.53. The molecule has 0 aliphatic carbocycles. The van der Waals surface area contributed by atoms with Gasteiger partial charge < -0.3 is 14.8 Å². The monoisotopic (exact) mass is 463 g/mol. The summed E-state index contributed by atoms with van der Waals surface area (Å²) in [6.45, 7) is 4.26. The molecule has 2 aromatic rings. The number of imide groups is 1. The second-order valence-corrected chi connectivity index (χ2v) is 9.49. The van der Waals surface area contributed by atoms with Crippen LogP contribution in [-0.2, 0) is 26.3 Å². The average Bonchev–Trinajstić information content (AvgIpc) is 3.42. The summed E-state index contributed by atoms with van der Waals surface area (Å²) in [6.07, 6.45) is 0.479. The lowest BCUT2D eigenvalue weighted by molar-refractivity contribution is -0.142. The first-order chi connectivity index (χ1) is 16.3. The van der Waals surface area contributed by atoms with Crippen LogP contribution in [-0.4, -0.2) is 49.4 Å². The van der Waals surface area contributed by atoms with Gasteiger partial charge in [0.1, 0.15) is 5.54 Å². The maximum atomic E-state index is 13.8. The van der Waals surface area contributed by atoms with E-state index in [-0.39, 0.29) is 36.2 Å². The molecule has 1 spiro atoms. The van der Waals surface area contributed by atoms with Crippen molar-refractivity contribution in [3.8, 4) is 11.5 Å². The number of rotatable bonds is 6. The van der Waals surface area contributed by atoms with E-state index in [0.717, 1.165) is 11.1 Å². The summed E-state index contributed by atoms with van der Waals surface area (Å²) in [6, 6.07) is 12.7. The maximum absolute atomic E-state index is 13.8. The second-order valence-electron chi connectivity index (χ2n) is 9.49. The molecule has 3 amide bonds. The van der Waals surface area contributed by atoms with Crippen molar-refractivity contribution in [1.82, 2.24) is 10.2 Å². The Morgan fingerprint density at radius 2 is 1.74 bits per heavy atom. The topological polar surface area (TPSA) is 97.0 Å². The Morgan fingerprint density at radius 1 is 1.00 bits per heavy atom. The van der Waals surface area contributed by atoms with E-state index in [1.807, 2.05) is 56.3 Å². The highest BCUT2D eigenvalue weighted by Gasteiger charge is 2.70. The Hall–Kier alpha value is -3.39. The number of carbonyl (C=O) groups is 3. The van der Waals surface area contributed by atoms with E-state index in [1.165, 1.54) is 4.90 Å². The van der Waals surface area contributed by atoms with Crippen LogP contribution in [0, 0.1) is 17.8 Å². The van der Waals surface area contributed by atoms with Crippen molar-refractivity contribution < 1.29 is 23.9 Å². The first-order valence-electron chi connectivity index (χ1n) is 11.6. The number of methoxy groups -OCH3 is 2. The Labute approximate surface area is 198 Å². The lowest BCUT2D eigenvalue weighted by Gasteiger charge is -2.30. The minimum atomic E-state index is -1.24. The molecule has 2 N–H and O–H groups in total. The molecule has 34 heavy (non-hydrogen) atoms. The number of amides is 3. The SMILES string of the molecule is COc1ccc(CCN2C(=O)[C@@H]3C(C(C)C)NC4(C(=O)Nc5ccccc54)[C@@H]3C2=O)cc1OC. The molecule has 2 fully saturated rings. The van der Waals surface area contributed by atoms with Gasteiger partial charge in [-0.25, -0.2) is 0 Å². The fourth-order valence-electron chi connectivity index (χ4n) is 5.82. The van der Waals surface area contributed by atoms with Crippen LogP contribution < -0.4 is 20.1 Å². The zero-order valence-corrected chi connectivity index (χ0v) is 19.8. The maximum Gasteiger partial charge on any atom is 0.250 e. The van der Waals surface area contributed by atoms with E-state index in [9.17, 15) is 14.4 Å². The van der Waals surface area contributed by atoms with Gasteiger partial charge in [-0.1, -0.05) is 38.1 Å². The van der Waals surface area contributed by atoms with Gasteiger partial charge >= 0.3 is 0 Å². The van der Waals surface area contributed by atoms with Crippen molar-refractivity contribution in [2.45, 2.75) is 31.8 Å². The van der Waals surface area contributed by atoms with Gasteiger partial charge in [-0.15, -0.1) is 0 Å². The first kappa shape index (κ1) is 22.4. The fraction of sp³-hybridized carbons (Fsp3) is 0.423. The lowest BCUT2D eigenvalue weighted by Crippen LogP contribution is -2.54. The van der Waals surface area contributed by atoms with Crippen molar-refractivity contribution in [3.63, 3.8) is 0 Å². The summed E-state index contributed by atoms with van der Waals surface area (Å²) in [7, 11) is 3.14. The zero-order valence-electron chi connectivity index (χ0n) is 19.8. The quantitative estimate of drug-likeness (QED) is 0.639. The number of fused-ring (bicyclic) bond motifs is 4. The van der Waals surface area contributed by atoms with Crippen molar-refractivity contribution >= 4 is 23.4 Å². The van der Waals surface area contributed by atoms with Crippen LogP contribution in [0.5, 0.6) is 11.5 Å². The molecule has 2 unspecified atom stereocenters. The molecule has 4 atom stereocenters. The third kappa shape index (κ3) is 3.05. The van der Waals surface area contributed by atoms with E-state index in [2.05, 4.69) is 10.6 Å². The number of carbonyl (C=O) groups excluding carboxylic acids is 3. The highest BCUT2D eigenvalue weighted by atomic mass is 16.5. The lowest BCUT2D eigenvalue weighted by atomic mass is 9.76. The Kier molecular flexibility index (Phi) is 5.36. The smallest absolute Gasteiger partial charge is 0.250 e. The highest BCUT2D eigenvalue weighted by molar-refractivity contribution is 6.15. The number of hydrogen-bond donors (Lipinski definition) is 2. The molecule has 3 heterocycles. The van der Waals surface area contributed by atoms with E-state index in [0.29, 0.717) is 23.6 Å². The van der Waals surface area contributed by atoms with Gasteiger partial charge in [-0.3, -0.25) is 24.6 Å². The average molecular weight is 464 g/mol. The molecule has 8 heteroatoms. The molecule has 2 saturated heterocycles. The summed E-state index contributed by atoms with van der Waals surface area (Å²) in [5.74, 6) is -0.860. The molecule has 0 aromatic heterocycles. The predicted molar refractivity (Wildman–Crippen MR) is 125 cm³/mol. The number of anilines is 1. The number of nitrogens with one attached hydrogen (secondary N) is 2. The van der Waals surface area contributed by atoms with Gasteiger partial charge in [0.25, 0.3) is 0 Å². The van der Waals surface area contributed by atoms with Crippen LogP contribution in [0.1, 0.15) is 25.0 Å². The summed E-state index contributed by atoms with van der Waals surface area (Å²) in [5.41, 5.74) is 1.11. The van der Waals surface area contributed by atoms with Crippen LogP contribution in [0.3, 0.4) is 0 Å². The normalized spacial score (nSPS) is 27.4. The van der Waals surface area contributed by atoms with Crippen LogP contribution >= 0.6 is 0 Å². The van der Waals surface area contributed by atoms with Crippen molar-refractivity contribution in [3.05, 3.63) is 53.6 Å². The molecule has 2 aromatic carbocycles. The molecule has 8 nitrogen and oxygen atoms in total. The van der Waals surface area contributed by atoms with Crippen LogP contribution in [0.25, 0.3) is 0 Å². The van der Waals surface area contributed by atoms with E-state index in [1.54, 1.807) is 14.2 Å². The largest absolute Gasteiger partial charge is 0.493 e. The third-order valence-corrected chi connectivity index (χ3v) is 7.44. The van der Waals surface area contributed by atoms with Crippen molar-refractivity contribution in [2.24, 2.45) is 17.8 Å². The molecule has 3 aliphatic heterocycles. The molecule has 0 bridgehead atoms. The minimum absolute atomic E-state index is 0.0648. The summed E-state index contributed by atoms with van der Waals surface area (Å²) >= 11 is 0. The van der Waals surface area contributed by atoms with Gasteiger partial charge in [0, 0.05) is 23.8 Å². The second kappa shape index (κ2) is 8.13. The minimum Gasteiger partial charge on any atom is -0.493 e. The third-order valence-electron chi connectivity index (χ3n) is 7.44. The molecule has 0 saturated carbocycles. The molecular weight excluding hydrogens is 434 g/mol. The summed E-state index contributed by atoms with van der Waals surface area (Å²) < 4.78 is 10.7. The van der Waals surface area contributed by atoms with E-state index in [4.69, 9.17) is 9.47 Å². The summed E-state index contributed by atoms with van der Waals surface area (Å²) in [5, 5.41) is 6.37. The van der Waals surface area contributed by atoms with Gasteiger partial charge in [0.2, 0.25) is 17.7 Å². The van der Waals surface area contributed by atoms with Crippen molar-refractivity contribution in [1.29, 1.82) is 0 Å². The van der Waals surface area contributed by atoms with Gasteiger partial charge in [0.05, 0.1) is 26.1 Å². The van der Waals surface area contributed by atoms with E-state index < -0.39 is 17.4 Å². The van der Waals surface area contributed by atoms with Crippen LogP contribution in [0.2, 0.25) is 0 Å². The number of ether oxygens (including phenoxy) is 2. The summed E-state index contributed by atoms with van der Waals surface area (Å²) in [4.78, 5) is 42.1. The number of hydrogen-bond acceptors (Lipinski definition) is 6. The molecular formula is C26H29N3O5. The predicted octanol–water partition coefficient (Wildman–Crippen LogP) is 2.32. The number of nitrogens with zero attached hydrogens (tertiary/aromatic N) is 1. The van der Waals surface area contributed by atoms with Gasteiger partial charge in [-0.2, -0.15) is 0 Å². The molecule has 0 radical (unpaired) electrons. The van der Waals surface area contributed by atoms with Crippen molar-refractivity contribution in [2.75, 3.05) is 26.1 Å². The molecule has 178 valence electrons. The molecule has 5 rings (SSSR count). The van der Waals surface area contributed by atoms with Gasteiger partial charge in [-0.05, 0) is 36.1 Å². The Bertz CT molecular complexity index is 1180. The zero-order chi connectivity index (χ0) is 24.2. The fourth-order valence-corrected chi connectivity index (χ4v) is 5.82. The standard InChI is InChI=1S/C26H29N3O5/c1-14(2)22-20-21(26(28-22)16-7-5-6-8-17(16)27-25(26)32)24(31)29(23(20)30)12-11-15-9-10-18(33-3)19(13-15)34-4/h5-10,13-14,20-22,28H,11-12H2,1-4H3,(H,27,32)/t20-,21-,22?,26?/m0/s1. The Morgan fingerprint density at radius 3 is 2.44 bits per heavy atom. The van der Waals surface area contributed by atoms with Crippen LogP contribution in [0.4, 0.5) is 5.69 Å². The number of benzene rings is 2. The Balaban J connectivity index is 1.47. The van der Waals surface area contributed by atoms with E-state index >= 15 is 0 Å². The number of likely N-dealkylation sites (tertiary alicyclic amines) is 1. The van der Waals surface area contributed by atoms with Crippen LogP contribution in [0.15, 0.2) is 42.5 Å².